The first-order valence-corrected chi connectivity index (χ1v) is 10.6. The van der Waals surface area contributed by atoms with Crippen molar-refractivity contribution in [3.05, 3.63) is 50.6 Å². The van der Waals surface area contributed by atoms with Crippen LogP contribution in [0.3, 0.4) is 0 Å². The number of hydrogen-bond donors (Lipinski definition) is 2. The number of ether oxygens (including phenoxy) is 1. The summed E-state index contributed by atoms with van der Waals surface area (Å²) in [7, 11) is 0. The number of fused-ring (bicyclic) bond motifs is 3. The van der Waals surface area contributed by atoms with Crippen LogP contribution in [0.15, 0.2) is 28.9 Å². The molecule has 0 saturated heterocycles. The van der Waals surface area contributed by atoms with Crippen LogP contribution in [0.25, 0.3) is 0 Å². The van der Waals surface area contributed by atoms with E-state index in [-0.39, 0.29) is 33.8 Å². The summed E-state index contributed by atoms with van der Waals surface area (Å²) in [5, 5.41) is 19.9. The van der Waals surface area contributed by atoms with E-state index in [2.05, 4.69) is 20.8 Å². The Morgan fingerprint density at radius 3 is 2.67 bits per heavy atom. The van der Waals surface area contributed by atoms with Gasteiger partial charge in [-0.15, -0.1) is 0 Å². The molecular formula is C24H27ClO5. The van der Waals surface area contributed by atoms with Crippen LogP contribution in [-0.4, -0.2) is 28.6 Å². The Labute approximate surface area is 181 Å². The Bertz CT molecular complexity index is 1020. The number of carbonyl (C=O) groups excluding carboxylic acids is 2. The quantitative estimate of drug-likeness (QED) is 0.536. The Balaban J connectivity index is 1.64. The van der Waals surface area contributed by atoms with Gasteiger partial charge in [-0.3, -0.25) is 4.79 Å². The third-order valence-electron chi connectivity index (χ3n) is 7.16. The molecule has 2 N–H and O–H groups in total. The molecule has 3 aliphatic carbocycles. The molecule has 0 spiro atoms. The second kappa shape index (κ2) is 6.96. The third-order valence-corrected chi connectivity index (χ3v) is 7.68. The van der Waals surface area contributed by atoms with Crippen molar-refractivity contribution >= 4 is 23.9 Å². The maximum atomic E-state index is 12.9. The Hall–Kier alpha value is -2.11. The fraction of sp³-hybridized carbons (Fsp3) is 0.500. The van der Waals surface area contributed by atoms with Gasteiger partial charge in [-0.05, 0) is 54.7 Å². The van der Waals surface area contributed by atoms with Crippen LogP contribution in [0, 0.1) is 23.7 Å². The highest BCUT2D eigenvalue weighted by molar-refractivity contribution is 6.32. The lowest BCUT2D eigenvalue weighted by Crippen LogP contribution is -2.51. The average Bonchev–Trinajstić information content (AvgIpc) is 2.97. The van der Waals surface area contributed by atoms with Gasteiger partial charge in [-0.2, -0.15) is 0 Å². The van der Waals surface area contributed by atoms with E-state index in [4.69, 9.17) is 16.3 Å². The van der Waals surface area contributed by atoms with Crippen molar-refractivity contribution < 1.29 is 24.5 Å². The molecule has 0 aromatic heterocycles. The molecule has 0 aliphatic heterocycles. The van der Waals surface area contributed by atoms with E-state index >= 15 is 0 Å². The lowest BCUT2D eigenvalue weighted by atomic mass is 9.52. The number of carbonyl (C=O) groups is 2. The summed E-state index contributed by atoms with van der Waals surface area (Å²) in [6, 6.07) is 1.28. The second-order valence-corrected chi connectivity index (χ2v) is 10.2. The van der Waals surface area contributed by atoms with Crippen LogP contribution in [0.4, 0.5) is 0 Å². The average molecular weight is 431 g/mol. The zero-order valence-corrected chi connectivity index (χ0v) is 18.5. The Kier molecular flexibility index (Phi) is 4.90. The zero-order valence-electron chi connectivity index (χ0n) is 17.7. The molecule has 160 valence electrons. The molecular weight excluding hydrogens is 404 g/mol. The first-order valence-electron chi connectivity index (χ1n) is 10.3. The van der Waals surface area contributed by atoms with Gasteiger partial charge in [0, 0.05) is 16.6 Å². The summed E-state index contributed by atoms with van der Waals surface area (Å²) in [5.74, 6) is -0.599. The van der Waals surface area contributed by atoms with Crippen molar-refractivity contribution in [1.82, 2.24) is 0 Å². The molecule has 1 aromatic carbocycles. The summed E-state index contributed by atoms with van der Waals surface area (Å²) in [6.07, 6.45) is 5.01. The number of aliphatic hydroxyl groups is 1. The largest absolute Gasteiger partial charge is 0.507 e. The van der Waals surface area contributed by atoms with Gasteiger partial charge < -0.3 is 14.9 Å². The number of rotatable bonds is 4. The molecule has 6 heteroatoms. The lowest BCUT2D eigenvalue weighted by Gasteiger charge is -2.54. The Morgan fingerprint density at radius 1 is 1.33 bits per heavy atom. The third kappa shape index (κ3) is 3.02. The van der Waals surface area contributed by atoms with E-state index in [0.29, 0.717) is 29.0 Å². The number of benzene rings is 1. The van der Waals surface area contributed by atoms with Crippen molar-refractivity contribution in [1.29, 1.82) is 0 Å². The molecule has 2 fully saturated rings. The number of allylic oxidation sites excluding steroid dienone is 3. The molecule has 2 saturated carbocycles. The van der Waals surface area contributed by atoms with Crippen molar-refractivity contribution in [3.63, 3.8) is 0 Å². The van der Waals surface area contributed by atoms with Crippen LogP contribution in [0.2, 0.25) is 5.02 Å². The van der Waals surface area contributed by atoms with E-state index in [1.165, 1.54) is 11.6 Å². The fourth-order valence-corrected chi connectivity index (χ4v) is 5.99. The fourth-order valence-electron chi connectivity index (χ4n) is 5.78. The van der Waals surface area contributed by atoms with Crippen LogP contribution >= 0.6 is 11.6 Å². The molecule has 0 bridgehead atoms. The van der Waals surface area contributed by atoms with E-state index in [0.717, 1.165) is 24.7 Å². The normalized spacial score (nSPS) is 28.9. The molecule has 0 amide bonds. The van der Waals surface area contributed by atoms with Gasteiger partial charge in [0.1, 0.15) is 23.7 Å². The number of phenolic OH excluding ortho intramolecular Hbond substituents is 1. The van der Waals surface area contributed by atoms with Crippen molar-refractivity contribution in [3.8, 4) is 5.75 Å². The maximum Gasteiger partial charge on any atom is 0.342 e. The minimum Gasteiger partial charge on any atom is -0.507 e. The standard InChI is InChI=1S/C24H27ClO5/c1-12-19(17(28)6-15(11-27)21(12)25)22(29)30-18-9-24(4)16-8-23(2,3)7-13(16)5-14(10-26)20(18)24/h5-6,10,16,18,27-28H,7-9,11H2,1-4H3/t16-,18+,24+/m0/s1. The summed E-state index contributed by atoms with van der Waals surface area (Å²) in [4.78, 5) is 24.8. The van der Waals surface area contributed by atoms with Crippen molar-refractivity contribution in [2.45, 2.75) is 59.7 Å². The van der Waals surface area contributed by atoms with Crippen LogP contribution < -0.4 is 0 Å². The molecule has 3 atom stereocenters. The van der Waals surface area contributed by atoms with Crippen LogP contribution in [-0.2, 0) is 16.1 Å². The molecule has 3 aliphatic rings. The summed E-state index contributed by atoms with van der Waals surface area (Å²) < 4.78 is 5.76. The lowest BCUT2D eigenvalue weighted by molar-refractivity contribution is -0.105. The second-order valence-electron chi connectivity index (χ2n) is 9.85. The first kappa shape index (κ1) is 21.1. The number of aldehydes is 1. The summed E-state index contributed by atoms with van der Waals surface area (Å²) in [5.41, 5.74) is 3.52. The van der Waals surface area contributed by atoms with Crippen LogP contribution in [0.1, 0.15) is 61.5 Å². The van der Waals surface area contributed by atoms with Gasteiger partial charge in [0.25, 0.3) is 0 Å². The number of halogens is 1. The number of aliphatic hydroxyl groups excluding tert-OH is 1. The molecule has 30 heavy (non-hydrogen) atoms. The monoisotopic (exact) mass is 430 g/mol. The molecule has 1 aromatic rings. The smallest absolute Gasteiger partial charge is 0.342 e. The van der Waals surface area contributed by atoms with Gasteiger partial charge in [0.2, 0.25) is 0 Å². The van der Waals surface area contributed by atoms with Gasteiger partial charge in [0.05, 0.1) is 11.6 Å². The van der Waals surface area contributed by atoms with E-state index in [9.17, 15) is 19.8 Å². The van der Waals surface area contributed by atoms with Gasteiger partial charge >= 0.3 is 5.97 Å². The number of phenols is 1. The first-order chi connectivity index (χ1) is 14.0. The molecule has 5 nitrogen and oxygen atoms in total. The summed E-state index contributed by atoms with van der Waals surface area (Å²) >= 11 is 6.22. The molecule has 0 unspecified atom stereocenters. The predicted molar refractivity (Wildman–Crippen MR) is 113 cm³/mol. The van der Waals surface area contributed by atoms with Crippen molar-refractivity contribution in [2.75, 3.05) is 0 Å². The number of esters is 1. The highest BCUT2D eigenvalue weighted by Gasteiger charge is 2.59. The molecule has 4 rings (SSSR count). The highest BCUT2D eigenvalue weighted by atomic mass is 35.5. The topological polar surface area (TPSA) is 83.8 Å². The minimum atomic E-state index is -0.678. The number of aromatic hydroxyl groups is 1. The van der Waals surface area contributed by atoms with Gasteiger partial charge in [0.15, 0.2) is 0 Å². The Morgan fingerprint density at radius 2 is 2.03 bits per heavy atom. The van der Waals surface area contributed by atoms with E-state index < -0.39 is 12.1 Å². The van der Waals surface area contributed by atoms with E-state index in [1.807, 2.05) is 6.08 Å². The SMILES string of the molecule is Cc1c(Cl)c(CO)cc(O)c1C(=O)O[C@@H]1C[C@@]2(C)C1=C(C=O)C=C1CC(C)(C)C[C@@H]12. The van der Waals surface area contributed by atoms with Crippen molar-refractivity contribution in [2.24, 2.45) is 16.7 Å². The predicted octanol–water partition coefficient (Wildman–Crippen LogP) is 4.65. The highest BCUT2D eigenvalue weighted by Crippen LogP contribution is 2.64. The zero-order chi connectivity index (χ0) is 22.0. The molecule has 0 radical (unpaired) electrons. The van der Waals surface area contributed by atoms with E-state index in [1.54, 1.807) is 6.92 Å². The molecule has 0 heterocycles. The maximum absolute atomic E-state index is 12.9. The minimum absolute atomic E-state index is 0.00639. The van der Waals surface area contributed by atoms with Gasteiger partial charge in [-0.1, -0.05) is 44.0 Å². The summed E-state index contributed by atoms with van der Waals surface area (Å²) in [6.45, 7) is 7.92. The van der Waals surface area contributed by atoms with Crippen LogP contribution in [0.5, 0.6) is 5.75 Å². The van der Waals surface area contributed by atoms with Gasteiger partial charge in [-0.25, -0.2) is 4.79 Å². The number of hydrogen-bond acceptors (Lipinski definition) is 5.